The number of amides is 3. The van der Waals surface area contributed by atoms with Gasteiger partial charge in [0, 0.05) is 23.3 Å². The number of nitro benzene ring substituents is 1. The predicted molar refractivity (Wildman–Crippen MR) is 115 cm³/mol. The van der Waals surface area contributed by atoms with Crippen molar-refractivity contribution >= 4 is 29.2 Å². The molecule has 0 aromatic heterocycles. The minimum Gasteiger partial charge on any atom is -0.292 e. The van der Waals surface area contributed by atoms with Crippen molar-refractivity contribution in [1.82, 2.24) is 10.0 Å². The molecule has 4 atom stereocenters. The number of benzene rings is 2. The van der Waals surface area contributed by atoms with Crippen LogP contribution in [0.25, 0.3) is 0 Å². The van der Waals surface area contributed by atoms with Crippen molar-refractivity contribution in [3.05, 3.63) is 75.8 Å². The first-order valence-electron chi connectivity index (χ1n) is 10.9. The molecule has 2 aliphatic carbocycles. The Labute approximate surface area is 189 Å². The van der Waals surface area contributed by atoms with E-state index >= 15 is 0 Å². The summed E-state index contributed by atoms with van der Waals surface area (Å²) in [4.78, 5) is 63.4. The number of hydrazine groups is 1. The van der Waals surface area contributed by atoms with E-state index in [1.165, 1.54) is 24.3 Å². The molecule has 1 aliphatic heterocycles. The Hall–Kier alpha value is -3.88. The van der Waals surface area contributed by atoms with Crippen LogP contribution < -0.4 is 0 Å². The van der Waals surface area contributed by atoms with Gasteiger partial charge in [0.05, 0.1) is 16.8 Å². The van der Waals surface area contributed by atoms with Crippen molar-refractivity contribution in [2.75, 3.05) is 6.54 Å². The molecule has 1 saturated heterocycles. The van der Waals surface area contributed by atoms with Crippen LogP contribution in [-0.4, -0.2) is 45.0 Å². The van der Waals surface area contributed by atoms with E-state index in [9.17, 15) is 29.3 Å². The highest BCUT2D eigenvalue weighted by Gasteiger charge is 2.62. The Morgan fingerprint density at radius 1 is 0.909 bits per heavy atom. The zero-order chi connectivity index (χ0) is 23.3. The average Bonchev–Trinajstić information content (AvgIpc) is 3.51. The topological polar surface area (TPSA) is 118 Å². The maximum Gasteiger partial charge on any atom is 0.273 e. The number of hydrogen-bond donors (Lipinski definition) is 0. The van der Waals surface area contributed by atoms with Crippen LogP contribution in [0.15, 0.2) is 54.6 Å². The third kappa shape index (κ3) is 3.40. The molecule has 3 amide bonds. The third-order valence-corrected chi connectivity index (χ3v) is 7.09. The lowest BCUT2D eigenvalue weighted by molar-refractivity contribution is -0.384. The van der Waals surface area contributed by atoms with Crippen molar-refractivity contribution in [3.63, 3.8) is 0 Å². The van der Waals surface area contributed by atoms with Crippen molar-refractivity contribution in [2.24, 2.45) is 23.7 Å². The Kier molecular flexibility index (Phi) is 5.03. The molecular weight excluding hydrogens is 426 g/mol. The van der Waals surface area contributed by atoms with Crippen molar-refractivity contribution < 1.29 is 24.1 Å². The highest BCUT2D eigenvalue weighted by Crippen LogP contribution is 2.56. The fraction of sp³-hybridized carbons (Fsp3) is 0.333. The molecule has 5 rings (SSSR count). The van der Waals surface area contributed by atoms with Gasteiger partial charge in [-0.15, -0.1) is 0 Å². The van der Waals surface area contributed by atoms with E-state index in [0.29, 0.717) is 5.56 Å². The van der Waals surface area contributed by atoms with E-state index in [-0.39, 0.29) is 23.1 Å². The minimum absolute atomic E-state index is 0.0436. The second kappa shape index (κ2) is 7.91. The summed E-state index contributed by atoms with van der Waals surface area (Å²) in [6.45, 7) is -0.494. The number of rotatable bonds is 6. The molecule has 2 aromatic rings. The number of nitrogens with zero attached hydrogens (tertiary/aromatic N) is 3. The van der Waals surface area contributed by atoms with Crippen molar-refractivity contribution in [2.45, 2.75) is 19.3 Å². The second-order valence-corrected chi connectivity index (χ2v) is 8.83. The summed E-state index contributed by atoms with van der Waals surface area (Å²) in [5.74, 6) is -2.67. The van der Waals surface area contributed by atoms with Gasteiger partial charge in [0.15, 0.2) is 5.78 Å². The Morgan fingerprint density at radius 3 is 2.03 bits per heavy atom. The summed E-state index contributed by atoms with van der Waals surface area (Å²) in [5, 5.41) is 12.7. The van der Waals surface area contributed by atoms with E-state index < -0.39 is 46.8 Å². The number of nitro groups is 1. The predicted octanol–water partition coefficient (Wildman–Crippen LogP) is 2.87. The average molecular weight is 447 g/mol. The van der Waals surface area contributed by atoms with E-state index in [0.717, 1.165) is 29.3 Å². The molecule has 2 saturated carbocycles. The molecule has 0 unspecified atom stereocenters. The number of Topliss-reactive ketones (excluding diaryl/α,β-unsaturated/α-hetero) is 1. The number of fused-ring (bicyclic) bond motifs is 5. The van der Waals surface area contributed by atoms with E-state index in [1.807, 2.05) is 0 Å². The number of imide groups is 1. The Bertz CT molecular complexity index is 1130. The smallest absolute Gasteiger partial charge is 0.273 e. The number of hydrogen-bond acceptors (Lipinski definition) is 6. The number of carbonyl (C=O) groups is 4. The van der Waals surface area contributed by atoms with Crippen LogP contribution >= 0.6 is 0 Å². The summed E-state index contributed by atoms with van der Waals surface area (Å²) in [7, 11) is 0. The Morgan fingerprint density at radius 2 is 1.48 bits per heavy atom. The SMILES string of the molecule is O=C(CN(C(=O)c1ccc([N+](=O)[O-])cc1)N1C(=O)[C@@H]2[C@H]3CC[C@@H](C3)[C@@H]2C1=O)c1ccccc1. The molecule has 9 nitrogen and oxygen atoms in total. The van der Waals surface area contributed by atoms with Crippen LogP contribution in [0.3, 0.4) is 0 Å². The second-order valence-electron chi connectivity index (χ2n) is 8.83. The van der Waals surface area contributed by atoms with Crippen molar-refractivity contribution in [3.8, 4) is 0 Å². The number of non-ortho nitro benzene ring substituents is 1. The van der Waals surface area contributed by atoms with Gasteiger partial charge in [0.2, 0.25) is 0 Å². The fourth-order valence-electron chi connectivity index (χ4n) is 5.59. The monoisotopic (exact) mass is 447 g/mol. The summed E-state index contributed by atoms with van der Waals surface area (Å²) in [5.41, 5.74) is 0.193. The van der Waals surface area contributed by atoms with Gasteiger partial charge in [-0.2, -0.15) is 5.01 Å². The van der Waals surface area contributed by atoms with Crippen LogP contribution in [0.1, 0.15) is 40.0 Å². The first-order chi connectivity index (χ1) is 15.9. The van der Waals surface area contributed by atoms with Gasteiger partial charge in [0.1, 0.15) is 6.54 Å². The van der Waals surface area contributed by atoms with E-state index in [1.54, 1.807) is 30.3 Å². The third-order valence-electron chi connectivity index (χ3n) is 7.09. The number of carbonyl (C=O) groups excluding carboxylic acids is 4. The van der Waals surface area contributed by atoms with Crippen molar-refractivity contribution in [1.29, 1.82) is 0 Å². The zero-order valence-corrected chi connectivity index (χ0v) is 17.6. The first-order valence-corrected chi connectivity index (χ1v) is 10.9. The van der Waals surface area contributed by atoms with Gasteiger partial charge in [-0.25, -0.2) is 5.01 Å². The Balaban J connectivity index is 1.49. The number of ketones is 1. The fourth-order valence-corrected chi connectivity index (χ4v) is 5.59. The van der Waals surface area contributed by atoms with Gasteiger partial charge >= 0.3 is 0 Å². The van der Waals surface area contributed by atoms with Gasteiger partial charge in [-0.1, -0.05) is 30.3 Å². The highest BCUT2D eigenvalue weighted by molar-refractivity contribution is 6.10. The molecule has 2 aromatic carbocycles. The molecule has 9 heteroatoms. The van der Waals surface area contributed by atoms with Crippen LogP contribution in [0.5, 0.6) is 0 Å². The quantitative estimate of drug-likeness (QED) is 0.291. The van der Waals surface area contributed by atoms with Gasteiger partial charge in [0.25, 0.3) is 23.4 Å². The van der Waals surface area contributed by atoms with E-state index in [2.05, 4.69) is 0 Å². The van der Waals surface area contributed by atoms with Crippen LogP contribution in [0, 0.1) is 33.8 Å². The molecule has 3 aliphatic rings. The molecule has 0 radical (unpaired) electrons. The lowest BCUT2D eigenvalue weighted by Crippen LogP contribution is -2.52. The maximum atomic E-state index is 13.4. The first kappa shape index (κ1) is 21.0. The molecule has 2 bridgehead atoms. The standard InChI is InChI=1S/C24H21N3O6/c28-19(14-4-2-1-3-5-14)13-25(22(29)15-8-10-18(11-9-15)27(32)33)26-23(30)20-16-6-7-17(12-16)21(20)24(26)31/h1-5,8-11,16-17,20-21H,6-7,12-13H2/t16-,17-,20-,21+/m0/s1. The highest BCUT2D eigenvalue weighted by atomic mass is 16.6. The summed E-state index contributed by atoms with van der Waals surface area (Å²) >= 11 is 0. The molecule has 3 fully saturated rings. The molecular formula is C24H21N3O6. The normalized spacial score (nSPS) is 25.3. The van der Waals surface area contributed by atoms with Crippen LogP contribution in [-0.2, 0) is 9.59 Å². The largest absolute Gasteiger partial charge is 0.292 e. The summed E-state index contributed by atoms with van der Waals surface area (Å²) in [6, 6.07) is 13.2. The molecule has 1 heterocycles. The summed E-state index contributed by atoms with van der Waals surface area (Å²) in [6.07, 6.45) is 2.62. The lowest BCUT2D eigenvalue weighted by atomic mass is 9.81. The molecule has 33 heavy (non-hydrogen) atoms. The lowest BCUT2D eigenvalue weighted by Gasteiger charge is -2.30. The zero-order valence-electron chi connectivity index (χ0n) is 17.6. The maximum absolute atomic E-state index is 13.4. The summed E-state index contributed by atoms with van der Waals surface area (Å²) < 4.78 is 0. The van der Waals surface area contributed by atoms with Crippen LogP contribution in [0.2, 0.25) is 0 Å². The van der Waals surface area contributed by atoms with E-state index in [4.69, 9.17) is 0 Å². The molecule has 0 spiro atoms. The van der Waals surface area contributed by atoms with Crippen LogP contribution in [0.4, 0.5) is 5.69 Å². The van der Waals surface area contributed by atoms with Gasteiger partial charge < -0.3 is 0 Å². The molecule has 0 N–H and O–H groups in total. The van der Waals surface area contributed by atoms with Gasteiger partial charge in [-0.3, -0.25) is 29.3 Å². The van der Waals surface area contributed by atoms with Gasteiger partial charge in [-0.05, 0) is 43.2 Å². The molecule has 168 valence electrons. The minimum atomic E-state index is -0.733.